The fraction of sp³-hybridized carbons (Fsp3) is 0.381. The number of halogens is 1. The fourth-order valence-electron chi connectivity index (χ4n) is 3.14. The van der Waals surface area contributed by atoms with Crippen molar-refractivity contribution >= 4 is 23.4 Å². The second-order valence-electron chi connectivity index (χ2n) is 6.81. The smallest absolute Gasteiger partial charge is 0.227 e. The van der Waals surface area contributed by atoms with Gasteiger partial charge >= 0.3 is 0 Å². The van der Waals surface area contributed by atoms with Crippen molar-refractivity contribution < 1.29 is 9.18 Å². The van der Waals surface area contributed by atoms with Gasteiger partial charge in [-0.15, -0.1) is 0 Å². The summed E-state index contributed by atoms with van der Waals surface area (Å²) < 4.78 is 13.3. The minimum Gasteiger partial charge on any atom is -0.326 e. The van der Waals surface area contributed by atoms with Crippen molar-refractivity contribution in [2.24, 2.45) is 5.92 Å². The van der Waals surface area contributed by atoms with E-state index in [1.165, 1.54) is 29.2 Å². The molecular weight excluding hydrogens is 347 g/mol. The SMILES string of the molecule is CC(Cc1cccc(F)c1)C(=O)Nc1cccc(CN2CCSCC2)c1. The third-order valence-corrected chi connectivity index (χ3v) is 5.53. The van der Waals surface area contributed by atoms with Gasteiger partial charge in [0.15, 0.2) is 0 Å². The highest BCUT2D eigenvalue weighted by molar-refractivity contribution is 7.99. The molecule has 138 valence electrons. The normalized spacial score (nSPS) is 16.2. The van der Waals surface area contributed by atoms with E-state index in [-0.39, 0.29) is 17.6 Å². The highest BCUT2D eigenvalue weighted by Gasteiger charge is 2.15. The number of rotatable bonds is 6. The first kappa shape index (κ1) is 18.9. The Morgan fingerprint density at radius 3 is 2.65 bits per heavy atom. The number of benzene rings is 2. The third kappa shape index (κ3) is 5.58. The Kier molecular flexibility index (Phi) is 6.69. The topological polar surface area (TPSA) is 32.3 Å². The predicted molar refractivity (Wildman–Crippen MR) is 107 cm³/mol. The molecule has 1 unspecified atom stereocenters. The summed E-state index contributed by atoms with van der Waals surface area (Å²) in [6, 6.07) is 14.5. The number of thioether (sulfide) groups is 1. The lowest BCUT2D eigenvalue weighted by Crippen LogP contribution is -2.32. The molecule has 1 atom stereocenters. The van der Waals surface area contributed by atoms with Crippen molar-refractivity contribution in [1.82, 2.24) is 4.90 Å². The standard InChI is InChI=1S/C21H25FN2OS/c1-16(12-17-4-2-6-19(22)13-17)21(25)23-20-7-3-5-18(14-20)15-24-8-10-26-11-9-24/h2-7,13-14,16H,8-12,15H2,1H3,(H,23,25). The van der Waals surface area contributed by atoms with Crippen LogP contribution in [0.25, 0.3) is 0 Å². The van der Waals surface area contributed by atoms with Gasteiger partial charge in [-0.2, -0.15) is 11.8 Å². The molecule has 0 aromatic heterocycles. The molecule has 0 bridgehead atoms. The van der Waals surface area contributed by atoms with E-state index < -0.39 is 0 Å². The first-order chi connectivity index (χ1) is 12.6. The van der Waals surface area contributed by atoms with Gasteiger partial charge in [0.2, 0.25) is 5.91 Å². The van der Waals surface area contributed by atoms with E-state index in [1.807, 2.05) is 36.9 Å². The molecule has 3 rings (SSSR count). The summed E-state index contributed by atoms with van der Waals surface area (Å²) in [5, 5.41) is 3.00. The number of hydrogen-bond donors (Lipinski definition) is 1. The van der Waals surface area contributed by atoms with E-state index in [1.54, 1.807) is 6.07 Å². The lowest BCUT2D eigenvalue weighted by molar-refractivity contribution is -0.119. The molecule has 0 saturated carbocycles. The van der Waals surface area contributed by atoms with Crippen molar-refractivity contribution in [3.05, 3.63) is 65.5 Å². The van der Waals surface area contributed by atoms with E-state index in [9.17, 15) is 9.18 Å². The molecule has 1 amide bonds. The molecule has 1 aliphatic rings. The van der Waals surface area contributed by atoms with Crippen LogP contribution in [0, 0.1) is 11.7 Å². The Balaban J connectivity index is 1.57. The fourth-order valence-corrected chi connectivity index (χ4v) is 4.12. The summed E-state index contributed by atoms with van der Waals surface area (Å²) in [5.41, 5.74) is 2.88. The zero-order valence-corrected chi connectivity index (χ0v) is 15.9. The maximum Gasteiger partial charge on any atom is 0.227 e. The highest BCUT2D eigenvalue weighted by Crippen LogP contribution is 2.18. The van der Waals surface area contributed by atoms with Crippen LogP contribution >= 0.6 is 11.8 Å². The van der Waals surface area contributed by atoms with Gasteiger partial charge < -0.3 is 5.32 Å². The number of nitrogens with one attached hydrogen (secondary N) is 1. The second-order valence-corrected chi connectivity index (χ2v) is 8.04. The molecule has 5 heteroatoms. The average molecular weight is 373 g/mol. The molecule has 0 aliphatic carbocycles. The summed E-state index contributed by atoms with van der Waals surface area (Å²) >= 11 is 2.00. The van der Waals surface area contributed by atoms with Crippen molar-refractivity contribution in [3.63, 3.8) is 0 Å². The quantitative estimate of drug-likeness (QED) is 0.825. The summed E-state index contributed by atoms with van der Waals surface area (Å²) in [7, 11) is 0. The van der Waals surface area contributed by atoms with Crippen molar-refractivity contribution in [1.29, 1.82) is 0 Å². The molecule has 2 aromatic carbocycles. The summed E-state index contributed by atoms with van der Waals surface area (Å²) in [5.74, 6) is 1.85. The Hall–Kier alpha value is -1.85. The van der Waals surface area contributed by atoms with Crippen LogP contribution in [0.5, 0.6) is 0 Å². The van der Waals surface area contributed by atoms with Gasteiger partial charge in [0, 0.05) is 42.7 Å². The lowest BCUT2D eigenvalue weighted by atomic mass is 10.00. The Bertz CT molecular complexity index is 746. The Labute approximate surface area is 159 Å². The van der Waals surface area contributed by atoms with Gasteiger partial charge in [-0.3, -0.25) is 9.69 Å². The van der Waals surface area contributed by atoms with Crippen LogP contribution in [-0.4, -0.2) is 35.4 Å². The summed E-state index contributed by atoms with van der Waals surface area (Å²) in [6.07, 6.45) is 0.523. The number of carbonyl (C=O) groups excluding carboxylic acids is 1. The molecule has 1 N–H and O–H groups in total. The zero-order valence-electron chi connectivity index (χ0n) is 15.1. The summed E-state index contributed by atoms with van der Waals surface area (Å²) in [6.45, 7) is 5.02. The first-order valence-electron chi connectivity index (χ1n) is 9.04. The van der Waals surface area contributed by atoms with Gasteiger partial charge in [0.1, 0.15) is 5.82 Å². The average Bonchev–Trinajstić information content (AvgIpc) is 2.63. The maximum absolute atomic E-state index is 13.3. The number of amides is 1. The number of nitrogens with zero attached hydrogens (tertiary/aromatic N) is 1. The van der Waals surface area contributed by atoms with Crippen LogP contribution < -0.4 is 5.32 Å². The molecule has 26 heavy (non-hydrogen) atoms. The van der Waals surface area contributed by atoms with Crippen molar-refractivity contribution in [2.75, 3.05) is 29.9 Å². The third-order valence-electron chi connectivity index (χ3n) is 4.58. The van der Waals surface area contributed by atoms with Gasteiger partial charge in [-0.05, 0) is 41.8 Å². The van der Waals surface area contributed by atoms with Crippen LogP contribution in [-0.2, 0) is 17.8 Å². The number of anilines is 1. The monoisotopic (exact) mass is 372 g/mol. The molecular formula is C21H25FN2OS. The highest BCUT2D eigenvalue weighted by atomic mass is 32.2. The predicted octanol–water partition coefficient (Wildman–Crippen LogP) is 4.19. The first-order valence-corrected chi connectivity index (χ1v) is 10.2. The number of carbonyl (C=O) groups is 1. The minimum atomic E-state index is -0.265. The molecule has 3 nitrogen and oxygen atoms in total. The van der Waals surface area contributed by atoms with E-state index in [0.29, 0.717) is 6.42 Å². The summed E-state index contributed by atoms with van der Waals surface area (Å²) in [4.78, 5) is 14.9. The Morgan fingerprint density at radius 2 is 1.88 bits per heavy atom. The number of hydrogen-bond acceptors (Lipinski definition) is 3. The van der Waals surface area contributed by atoms with Crippen LogP contribution in [0.1, 0.15) is 18.1 Å². The van der Waals surface area contributed by atoms with Crippen LogP contribution in [0.3, 0.4) is 0 Å². The van der Waals surface area contributed by atoms with Crippen LogP contribution in [0.15, 0.2) is 48.5 Å². The molecule has 1 saturated heterocycles. The molecule has 1 fully saturated rings. The van der Waals surface area contributed by atoms with E-state index in [0.717, 1.165) is 30.9 Å². The Morgan fingerprint density at radius 1 is 1.15 bits per heavy atom. The van der Waals surface area contributed by atoms with Crippen LogP contribution in [0.2, 0.25) is 0 Å². The lowest BCUT2D eigenvalue weighted by Gasteiger charge is -2.26. The van der Waals surface area contributed by atoms with Gasteiger partial charge in [0.25, 0.3) is 0 Å². The van der Waals surface area contributed by atoms with Gasteiger partial charge in [-0.25, -0.2) is 4.39 Å². The van der Waals surface area contributed by atoms with Gasteiger partial charge in [0.05, 0.1) is 0 Å². The molecule has 1 aliphatic heterocycles. The van der Waals surface area contributed by atoms with Crippen LogP contribution in [0.4, 0.5) is 10.1 Å². The largest absolute Gasteiger partial charge is 0.326 e. The molecule has 0 spiro atoms. The molecule has 2 aromatic rings. The second kappa shape index (κ2) is 9.19. The maximum atomic E-state index is 13.3. The molecule has 0 radical (unpaired) electrons. The van der Waals surface area contributed by atoms with Crippen molar-refractivity contribution in [2.45, 2.75) is 19.9 Å². The van der Waals surface area contributed by atoms with Gasteiger partial charge in [-0.1, -0.05) is 31.2 Å². The van der Waals surface area contributed by atoms with E-state index in [2.05, 4.69) is 22.3 Å². The minimum absolute atomic E-state index is 0.0409. The van der Waals surface area contributed by atoms with E-state index >= 15 is 0 Å². The molecule has 1 heterocycles. The zero-order chi connectivity index (χ0) is 18.4. The van der Waals surface area contributed by atoms with E-state index in [4.69, 9.17) is 0 Å². The van der Waals surface area contributed by atoms with Crippen molar-refractivity contribution in [3.8, 4) is 0 Å².